The maximum atomic E-state index is 13.0. The van der Waals surface area contributed by atoms with Crippen molar-refractivity contribution in [3.63, 3.8) is 0 Å². The zero-order valence-electron chi connectivity index (χ0n) is 78.0. The number of carbonyl (C=O) groups is 5. The lowest BCUT2D eigenvalue weighted by Crippen LogP contribution is -2.49. The molecule has 6 atom stereocenters. The first-order valence-electron chi connectivity index (χ1n) is 45.9. The number of amides is 5. The van der Waals surface area contributed by atoms with E-state index in [9.17, 15) is 86.2 Å². The van der Waals surface area contributed by atoms with Gasteiger partial charge in [0.05, 0.1) is 116 Å². The van der Waals surface area contributed by atoms with E-state index in [0.717, 1.165) is 133 Å². The molecule has 1 saturated carbocycles. The lowest BCUT2D eigenvalue weighted by Gasteiger charge is -2.40. The summed E-state index contributed by atoms with van der Waals surface area (Å²) in [6.07, 6.45) is -9.70. The van der Waals surface area contributed by atoms with Crippen LogP contribution in [0.15, 0.2) is 164 Å². The van der Waals surface area contributed by atoms with Crippen LogP contribution in [0.2, 0.25) is 0 Å². The molecule has 2 unspecified atom stereocenters. The number of halogens is 13. The van der Waals surface area contributed by atoms with Gasteiger partial charge in [0.15, 0.2) is 5.79 Å². The Morgan fingerprint density at radius 3 is 1.07 bits per heavy atom. The van der Waals surface area contributed by atoms with Gasteiger partial charge in [0.1, 0.15) is 6.17 Å². The van der Waals surface area contributed by atoms with Gasteiger partial charge < -0.3 is 41.2 Å². The van der Waals surface area contributed by atoms with E-state index in [0.29, 0.717) is 126 Å². The van der Waals surface area contributed by atoms with E-state index in [-0.39, 0.29) is 102 Å². The zero-order chi connectivity index (χ0) is 98.4. The van der Waals surface area contributed by atoms with E-state index in [4.69, 9.17) is 9.47 Å². The standard InChI is InChI=1S/C30H31F3N4O2.C28H34F3N3O4.C22H25F4N3O.C22H26F3N3O/c1-17(2)27-26-21(16-37(27)15-19-5-7-22(8-6-19)30(31,32)33)13-20(14-35-26)28(38)34-11-10-23-24-12-18(3)4-9-25(24)36-29(23)39;1-18(2)24-23-21(16-34(24)15-19-3-5-22(6-4-19)28(29,30)31)13-20(14-32-23)25(35)33-17-26(36)7-9-27(10-8-26)37-11-12-38-27;1-13(2)20-19-17(8-16(10-27-19)21(30)28-9-14(3)23)12-29(20)11-15-4-6-18(7-5-15)22(24,25)26;1-13(2)20-19-17(9-16(10-26-19)21(29)27-14(3)4)12-28(20)11-15-5-7-18(8-6-15)22(23,24)25/h4-9,12-14,17,23,27H,10-11,15-16H2,1-3H3,(H,34,38)(H,36,39);3-6,13-14,18,24,36H,7-12,15-17H2,1-2H3,(H,33,35);4-8,10,13-14,20H,9,11-12H2,1-3H3,(H,28,30);5-10,13-14,20H,11-12H2,1-4H3,(H,27,29)/t23?,27-;24-;14?,20-;20-/m0000/s1. The number of aryl methyl sites for hydroxylation is 1. The number of hydrogen-bond donors (Lipinski definition) is 6. The molecule has 1 spiro atoms. The Kier molecular flexibility index (Phi) is 31.9. The summed E-state index contributed by atoms with van der Waals surface area (Å²) < 4.78 is 179. The van der Waals surface area contributed by atoms with Crippen LogP contribution in [0.1, 0.15) is 280 Å². The van der Waals surface area contributed by atoms with Gasteiger partial charge in [-0.2, -0.15) is 52.7 Å². The van der Waals surface area contributed by atoms with Gasteiger partial charge in [-0.25, -0.2) is 4.39 Å². The molecule has 136 heavy (non-hydrogen) atoms. The van der Waals surface area contributed by atoms with Gasteiger partial charge in [0, 0.05) is 121 Å². The summed E-state index contributed by atoms with van der Waals surface area (Å²) in [5, 5.41) is 25.1. The number of nitrogens with one attached hydrogen (secondary N) is 5. The van der Waals surface area contributed by atoms with Crippen LogP contribution in [0.25, 0.3) is 0 Å². The number of alkyl halides is 13. The van der Waals surface area contributed by atoms with E-state index >= 15 is 0 Å². The van der Waals surface area contributed by atoms with Gasteiger partial charge in [0.25, 0.3) is 23.6 Å². The smallest absolute Gasteiger partial charge is 0.388 e. The predicted molar refractivity (Wildman–Crippen MR) is 485 cm³/mol. The Labute approximate surface area is 782 Å². The largest absolute Gasteiger partial charge is 0.416 e. The number of ether oxygens (including phenoxy) is 2. The molecule has 4 aromatic heterocycles. The number of anilines is 1. The summed E-state index contributed by atoms with van der Waals surface area (Å²) in [5.41, 5.74) is 11.5. The van der Waals surface area contributed by atoms with Crippen LogP contribution < -0.4 is 26.6 Å². The molecule has 1 aliphatic carbocycles. The van der Waals surface area contributed by atoms with Gasteiger partial charge >= 0.3 is 24.7 Å². The Hall–Kier alpha value is -11.1. The van der Waals surface area contributed by atoms with Crippen molar-refractivity contribution in [2.75, 3.05) is 38.2 Å². The minimum absolute atomic E-state index is 0.00901. The van der Waals surface area contributed by atoms with Crippen LogP contribution in [-0.2, 0) is 91.3 Å². The highest BCUT2D eigenvalue weighted by molar-refractivity contribution is 6.03. The molecule has 6 aliphatic heterocycles. The molecular weight excluding hydrogens is 1780 g/mol. The Morgan fingerprint density at radius 2 is 0.757 bits per heavy atom. The van der Waals surface area contributed by atoms with Crippen LogP contribution in [0.4, 0.5) is 62.8 Å². The van der Waals surface area contributed by atoms with Gasteiger partial charge in [-0.1, -0.05) is 122 Å². The molecule has 34 heteroatoms. The Bertz CT molecular complexity index is 5700. The number of pyridine rings is 4. The number of hydrogen-bond acceptors (Lipinski definition) is 16. The molecule has 7 aliphatic rings. The summed E-state index contributed by atoms with van der Waals surface area (Å²) in [4.78, 5) is 89.9. The van der Waals surface area contributed by atoms with E-state index in [1.165, 1.54) is 61.7 Å². The average molecular weight is 1900 g/mol. The minimum atomic E-state index is -4.36. The van der Waals surface area contributed by atoms with Crippen LogP contribution in [-0.4, -0.2) is 131 Å². The van der Waals surface area contributed by atoms with Crippen molar-refractivity contribution >= 4 is 35.2 Å². The zero-order valence-corrected chi connectivity index (χ0v) is 78.0. The number of benzene rings is 5. The molecule has 1 saturated heterocycles. The summed E-state index contributed by atoms with van der Waals surface area (Å²) in [6, 6.07) is 34.2. The van der Waals surface area contributed by atoms with E-state index in [2.05, 4.69) is 122 Å². The lowest BCUT2D eigenvalue weighted by atomic mass is 9.81. The first-order valence-corrected chi connectivity index (χ1v) is 45.9. The fraction of sp³-hybridized carbons (Fsp3) is 0.461. The third-order valence-electron chi connectivity index (χ3n) is 25.6. The number of aromatic nitrogens is 4. The van der Waals surface area contributed by atoms with Crippen molar-refractivity contribution in [3.8, 4) is 0 Å². The second-order valence-electron chi connectivity index (χ2n) is 38.0. The van der Waals surface area contributed by atoms with Crippen LogP contribution in [0.5, 0.6) is 0 Å². The van der Waals surface area contributed by atoms with Crippen molar-refractivity contribution in [3.05, 3.63) is 287 Å². The molecular formula is C102H116F13N13O8. The Balaban J connectivity index is 0.000000155. The van der Waals surface area contributed by atoms with Crippen molar-refractivity contribution in [2.45, 2.75) is 246 Å². The maximum Gasteiger partial charge on any atom is 0.416 e. The van der Waals surface area contributed by atoms with Gasteiger partial charge in [-0.15, -0.1) is 0 Å². The molecule has 16 rings (SSSR count). The molecule has 0 radical (unpaired) electrons. The molecule has 0 bridgehead atoms. The van der Waals surface area contributed by atoms with Crippen LogP contribution in [0.3, 0.4) is 0 Å². The van der Waals surface area contributed by atoms with Crippen molar-refractivity contribution in [1.82, 2.24) is 60.8 Å². The van der Waals surface area contributed by atoms with Gasteiger partial charge in [-0.3, -0.25) is 63.5 Å². The van der Waals surface area contributed by atoms with Crippen molar-refractivity contribution < 1.29 is 95.6 Å². The Morgan fingerprint density at radius 1 is 0.441 bits per heavy atom. The van der Waals surface area contributed by atoms with Crippen molar-refractivity contribution in [1.29, 1.82) is 0 Å². The number of rotatable bonds is 24. The number of aliphatic hydroxyl groups is 1. The number of fused-ring (bicyclic) bond motifs is 5. The number of carbonyl (C=O) groups excluding carboxylic acids is 5. The normalized spacial score (nSPS) is 19.3. The highest BCUT2D eigenvalue weighted by Gasteiger charge is 2.47. The minimum Gasteiger partial charge on any atom is -0.388 e. The molecule has 6 N–H and O–H groups in total. The topological polar surface area (TPSA) is 249 Å². The first-order chi connectivity index (χ1) is 64.1. The fourth-order valence-corrected chi connectivity index (χ4v) is 19.1. The maximum absolute atomic E-state index is 13.0. The van der Waals surface area contributed by atoms with Gasteiger partial charge in [-0.05, 0) is 200 Å². The highest BCUT2D eigenvalue weighted by atomic mass is 19.4. The lowest BCUT2D eigenvalue weighted by molar-refractivity contribution is -0.201. The summed E-state index contributed by atoms with van der Waals surface area (Å²) in [7, 11) is 0. The molecule has 728 valence electrons. The molecule has 5 aromatic carbocycles. The highest BCUT2D eigenvalue weighted by Crippen LogP contribution is 2.47. The van der Waals surface area contributed by atoms with Crippen LogP contribution >= 0.6 is 0 Å². The molecule has 2 fully saturated rings. The second kappa shape index (κ2) is 42.5. The van der Waals surface area contributed by atoms with Crippen molar-refractivity contribution in [2.24, 2.45) is 23.7 Å². The quantitative estimate of drug-likeness (QED) is 0.0308. The van der Waals surface area contributed by atoms with E-state index in [1.54, 1.807) is 24.7 Å². The molecule has 10 heterocycles. The monoisotopic (exact) mass is 1900 g/mol. The summed E-state index contributed by atoms with van der Waals surface area (Å²) in [5.74, 6) is -1.10. The average Bonchev–Trinajstić information content (AvgIpc) is 1.64. The van der Waals surface area contributed by atoms with Gasteiger partial charge in [0.2, 0.25) is 5.91 Å². The third kappa shape index (κ3) is 25.1. The third-order valence-corrected chi connectivity index (χ3v) is 25.6. The number of nitrogens with zero attached hydrogens (tertiary/aromatic N) is 8. The fourth-order valence-electron chi connectivity index (χ4n) is 19.1. The van der Waals surface area contributed by atoms with E-state index < -0.39 is 64.5 Å². The molecule has 21 nitrogen and oxygen atoms in total. The second-order valence-corrected chi connectivity index (χ2v) is 38.0. The van der Waals surface area contributed by atoms with E-state index in [1.807, 2.05) is 57.2 Å². The summed E-state index contributed by atoms with van der Waals surface area (Å²) in [6.45, 7) is 29.5. The first kappa shape index (κ1) is 102. The summed E-state index contributed by atoms with van der Waals surface area (Å²) >= 11 is 0. The predicted octanol–water partition coefficient (Wildman–Crippen LogP) is 20.4. The van der Waals surface area contributed by atoms with Crippen LogP contribution in [0, 0.1) is 30.6 Å². The SMILES string of the molecule is CC(C)NC(=O)c1cnc2c(c1)CN(Cc1ccc(C(F)(F)F)cc1)[C@H]2C(C)C.CC(C)[C@H]1c2ncc(C(=O)NCC3(O)CCC4(CC3)OCCO4)cc2CN1Cc1ccc(C(F)(F)F)cc1.CC(F)CNC(=O)c1cnc2c(c1)CN(Cc1ccc(C(F)(F)F)cc1)[C@H]2C(C)C.Cc1ccc2c(c1)C(CCNC(=O)c1cnc3c(c1)CN(Cc1ccc(C(F)(F)F)cc1)[C@H]3C(C)C)C(=O)N2. The molecule has 9 aromatic rings. The molecule has 5 amide bonds.